The van der Waals surface area contributed by atoms with Crippen molar-refractivity contribution in [1.29, 1.82) is 0 Å². The Kier molecular flexibility index (Phi) is 8.71. The molecule has 0 bridgehead atoms. The molecule has 2 heterocycles. The van der Waals surface area contributed by atoms with Crippen LogP contribution in [0.4, 0.5) is 0 Å². The van der Waals surface area contributed by atoms with E-state index in [-0.39, 0.29) is 0 Å². The summed E-state index contributed by atoms with van der Waals surface area (Å²) in [6, 6.07) is 0. The quantitative estimate of drug-likeness (QED) is 0.408. The monoisotopic (exact) mass is 325 g/mol. The van der Waals surface area contributed by atoms with Crippen LogP contribution in [0, 0.1) is 5.92 Å². The number of morpholine rings is 1. The second kappa shape index (κ2) is 10.8. The van der Waals surface area contributed by atoms with Gasteiger partial charge in [-0.1, -0.05) is 6.92 Å². The highest BCUT2D eigenvalue weighted by Crippen LogP contribution is 2.15. The van der Waals surface area contributed by atoms with E-state index in [1.165, 1.54) is 38.9 Å². The number of hydrogen-bond acceptors (Lipinski definition) is 4. The van der Waals surface area contributed by atoms with Crippen LogP contribution in [0.3, 0.4) is 0 Å². The number of rotatable bonds is 7. The average Bonchev–Trinajstić information content (AvgIpc) is 2.58. The van der Waals surface area contributed by atoms with Gasteiger partial charge in [0.15, 0.2) is 5.96 Å². The van der Waals surface area contributed by atoms with Gasteiger partial charge in [0.1, 0.15) is 0 Å². The zero-order valence-electron chi connectivity index (χ0n) is 15.0. The molecule has 2 aliphatic rings. The van der Waals surface area contributed by atoms with Crippen molar-refractivity contribution in [3.8, 4) is 0 Å². The lowest BCUT2D eigenvalue weighted by molar-refractivity contribution is 0.0389. The Labute approximate surface area is 141 Å². The average molecular weight is 326 g/mol. The molecule has 0 saturated carbocycles. The van der Waals surface area contributed by atoms with Crippen LogP contribution in [-0.4, -0.2) is 88.4 Å². The van der Waals surface area contributed by atoms with Gasteiger partial charge in [0.05, 0.1) is 13.2 Å². The Morgan fingerprint density at radius 3 is 2.61 bits per heavy atom. The standard InChI is InChI=1S/C17H35N5O/c1-16-5-3-8-22(15-16)9-4-6-19-17(18-2)20-7-10-21-11-13-23-14-12-21/h16H,3-15H2,1-2H3,(H2,18,19,20). The summed E-state index contributed by atoms with van der Waals surface area (Å²) in [5, 5.41) is 6.83. The van der Waals surface area contributed by atoms with Gasteiger partial charge in [-0.05, 0) is 38.3 Å². The number of nitrogens with one attached hydrogen (secondary N) is 2. The van der Waals surface area contributed by atoms with Gasteiger partial charge < -0.3 is 20.3 Å². The fourth-order valence-corrected chi connectivity index (χ4v) is 3.38. The number of ether oxygens (including phenoxy) is 1. The summed E-state index contributed by atoms with van der Waals surface area (Å²) in [6.45, 7) is 12.9. The molecule has 2 fully saturated rings. The van der Waals surface area contributed by atoms with Gasteiger partial charge in [-0.2, -0.15) is 0 Å². The third-order valence-electron chi connectivity index (χ3n) is 4.73. The van der Waals surface area contributed by atoms with Gasteiger partial charge in [0, 0.05) is 46.3 Å². The van der Waals surface area contributed by atoms with Crippen LogP contribution in [0.1, 0.15) is 26.2 Å². The number of guanidine groups is 1. The first-order chi connectivity index (χ1) is 11.3. The van der Waals surface area contributed by atoms with E-state index >= 15 is 0 Å². The summed E-state index contributed by atoms with van der Waals surface area (Å²) in [5.74, 6) is 1.79. The van der Waals surface area contributed by atoms with Crippen LogP contribution < -0.4 is 10.6 Å². The molecule has 0 spiro atoms. The fraction of sp³-hybridized carbons (Fsp3) is 0.941. The summed E-state index contributed by atoms with van der Waals surface area (Å²) >= 11 is 0. The zero-order chi connectivity index (χ0) is 16.3. The molecule has 6 heteroatoms. The lowest BCUT2D eigenvalue weighted by Gasteiger charge is -2.30. The predicted molar refractivity (Wildman–Crippen MR) is 96.1 cm³/mol. The highest BCUT2D eigenvalue weighted by atomic mass is 16.5. The molecule has 6 nitrogen and oxygen atoms in total. The first kappa shape index (κ1) is 18.5. The molecule has 1 atom stereocenters. The fourth-order valence-electron chi connectivity index (χ4n) is 3.38. The van der Waals surface area contributed by atoms with E-state index in [1.54, 1.807) is 0 Å². The van der Waals surface area contributed by atoms with Gasteiger partial charge in [-0.3, -0.25) is 9.89 Å². The zero-order valence-corrected chi connectivity index (χ0v) is 15.0. The minimum absolute atomic E-state index is 0.863. The summed E-state index contributed by atoms with van der Waals surface area (Å²) in [7, 11) is 1.84. The van der Waals surface area contributed by atoms with Crippen molar-refractivity contribution in [1.82, 2.24) is 20.4 Å². The first-order valence-corrected chi connectivity index (χ1v) is 9.25. The van der Waals surface area contributed by atoms with Crippen LogP contribution in [-0.2, 0) is 4.74 Å². The molecule has 0 aromatic carbocycles. The molecule has 0 aromatic rings. The Balaban J connectivity index is 1.50. The molecular weight excluding hydrogens is 290 g/mol. The Morgan fingerprint density at radius 2 is 1.87 bits per heavy atom. The van der Waals surface area contributed by atoms with E-state index in [9.17, 15) is 0 Å². The minimum Gasteiger partial charge on any atom is -0.379 e. The molecule has 0 radical (unpaired) electrons. The summed E-state index contributed by atoms with van der Waals surface area (Å²) in [4.78, 5) is 9.34. The second-order valence-electron chi connectivity index (χ2n) is 6.78. The number of likely N-dealkylation sites (tertiary alicyclic amines) is 1. The second-order valence-corrected chi connectivity index (χ2v) is 6.78. The highest BCUT2D eigenvalue weighted by molar-refractivity contribution is 5.79. The van der Waals surface area contributed by atoms with Crippen LogP contribution >= 0.6 is 0 Å². The third-order valence-corrected chi connectivity index (χ3v) is 4.73. The SMILES string of the molecule is CN=C(NCCCN1CCCC(C)C1)NCCN1CCOCC1. The molecule has 2 N–H and O–H groups in total. The summed E-state index contributed by atoms with van der Waals surface area (Å²) < 4.78 is 5.37. The molecule has 0 amide bonds. The molecule has 2 aliphatic heterocycles. The maximum Gasteiger partial charge on any atom is 0.191 e. The van der Waals surface area contributed by atoms with Gasteiger partial charge in [-0.15, -0.1) is 0 Å². The molecule has 0 aliphatic carbocycles. The van der Waals surface area contributed by atoms with Crippen molar-refractivity contribution in [2.24, 2.45) is 10.9 Å². The Bertz CT molecular complexity index is 344. The molecule has 23 heavy (non-hydrogen) atoms. The predicted octanol–water partition coefficient (Wildman–Crippen LogP) is 0.606. The van der Waals surface area contributed by atoms with E-state index in [2.05, 4.69) is 32.3 Å². The topological polar surface area (TPSA) is 52.1 Å². The van der Waals surface area contributed by atoms with Gasteiger partial charge in [0.2, 0.25) is 0 Å². The molecule has 0 aromatic heterocycles. The van der Waals surface area contributed by atoms with E-state index in [4.69, 9.17) is 4.74 Å². The molecule has 2 saturated heterocycles. The van der Waals surface area contributed by atoms with Crippen molar-refractivity contribution >= 4 is 5.96 Å². The smallest absolute Gasteiger partial charge is 0.191 e. The van der Waals surface area contributed by atoms with Crippen LogP contribution in [0.2, 0.25) is 0 Å². The number of aliphatic imine (C=N–C) groups is 1. The largest absolute Gasteiger partial charge is 0.379 e. The molecule has 2 rings (SSSR count). The number of piperidine rings is 1. The summed E-state index contributed by atoms with van der Waals surface area (Å²) in [6.07, 6.45) is 3.94. The third kappa shape index (κ3) is 7.50. The maximum atomic E-state index is 5.37. The van der Waals surface area contributed by atoms with E-state index in [0.717, 1.165) is 57.8 Å². The summed E-state index contributed by atoms with van der Waals surface area (Å²) in [5.41, 5.74) is 0. The van der Waals surface area contributed by atoms with Crippen molar-refractivity contribution in [2.45, 2.75) is 26.2 Å². The van der Waals surface area contributed by atoms with E-state index in [0.29, 0.717) is 0 Å². The lowest BCUT2D eigenvalue weighted by Crippen LogP contribution is -2.45. The van der Waals surface area contributed by atoms with Crippen LogP contribution in [0.15, 0.2) is 4.99 Å². The first-order valence-electron chi connectivity index (χ1n) is 9.25. The Hall–Kier alpha value is -0.850. The van der Waals surface area contributed by atoms with Gasteiger partial charge in [0.25, 0.3) is 0 Å². The van der Waals surface area contributed by atoms with Crippen molar-refractivity contribution in [3.05, 3.63) is 0 Å². The van der Waals surface area contributed by atoms with E-state index < -0.39 is 0 Å². The molecule has 1 unspecified atom stereocenters. The van der Waals surface area contributed by atoms with Crippen molar-refractivity contribution in [2.75, 3.05) is 72.6 Å². The normalized spacial score (nSPS) is 24.6. The van der Waals surface area contributed by atoms with Crippen molar-refractivity contribution in [3.63, 3.8) is 0 Å². The lowest BCUT2D eigenvalue weighted by atomic mass is 10.0. The number of nitrogens with zero attached hydrogens (tertiary/aromatic N) is 3. The number of hydrogen-bond donors (Lipinski definition) is 2. The maximum absolute atomic E-state index is 5.37. The van der Waals surface area contributed by atoms with Crippen molar-refractivity contribution < 1.29 is 4.74 Å². The van der Waals surface area contributed by atoms with Crippen LogP contribution in [0.25, 0.3) is 0 Å². The van der Waals surface area contributed by atoms with Gasteiger partial charge >= 0.3 is 0 Å². The minimum atomic E-state index is 0.863. The molecular formula is C17H35N5O. The van der Waals surface area contributed by atoms with Gasteiger partial charge in [-0.25, -0.2) is 0 Å². The van der Waals surface area contributed by atoms with E-state index in [1.807, 2.05) is 7.05 Å². The van der Waals surface area contributed by atoms with Crippen LogP contribution in [0.5, 0.6) is 0 Å². The Morgan fingerprint density at radius 1 is 1.09 bits per heavy atom. The highest BCUT2D eigenvalue weighted by Gasteiger charge is 2.15. The molecule has 134 valence electrons.